The molecule has 1 unspecified atom stereocenters. The van der Waals surface area contributed by atoms with Crippen LogP contribution in [0.2, 0.25) is 0 Å². The van der Waals surface area contributed by atoms with Crippen LogP contribution >= 0.6 is 0 Å². The van der Waals surface area contributed by atoms with Gasteiger partial charge in [-0.05, 0) is 31.7 Å². The van der Waals surface area contributed by atoms with Crippen LogP contribution < -0.4 is 4.74 Å². The van der Waals surface area contributed by atoms with E-state index >= 15 is 0 Å². The van der Waals surface area contributed by atoms with Crippen LogP contribution in [0.5, 0.6) is 5.75 Å². The van der Waals surface area contributed by atoms with E-state index in [1.54, 1.807) is 14.2 Å². The summed E-state index contributed by atoms with van der Waals surface area (Å²) in [6, 6.07) is 6.37. The molecule has 0 aromatic heterocycles. The molecule has 0 heterocycles. The maximum absolute atomic E-state index is 8.80. The first-order chi connectivity index (χ1) is 10.1. The highest BCUT2D eigenvalue weighted by molar-refractivity contribution is 5.48. The zero-order chi connectivity index (χ0) is 15.7. The Labute approximate surface area is 127 Å². The average molecular weight is 291 g/mol. The molecule has 0 aliphatic rings. The smallest absolute Gasteiger partial charge is 0.134 e. The molecule has 0 fully saturated rings. The van der Waals surface area contributed by atoms with Crippen LogP contribution in [-0.2, 0) is 11.3 Å². The first-order valence-electron chi connectivity index (χ1n) is 7.08. The molecular weight excluding hydrogens is 266 g/mol. The van der Waals surface area contributed by atoms with Crippen molar-refractivity contribution in [3.05, 3.63) is 29.3 Å². The van der Waals surface area contributed by atoms with Gasteiger partial charge in [-0.25, -0.2) is 0 Å². The van der Waals surface area contributed by atoms with Gasteiger partial charge in [0.2, 0.25) is 0 Å². The molecule has 1 aromatic rings. The van der Waals surface area contributed by atoms with Crippen molar-refractivity contribution in [2.24, 2.45) is 0 Å². The summed E-state index contributed by atoms with van der Waals surface area (Å²) in [7, 11) is 5.43. The van der Waals surface area contributed by atoms with Crippen molar-refractivity contribution in [2.45, 2.75) is 25.9 Å². The molecule has 0 spiro atoms. The van der Waals surface area contributed by atoms with Gasteiger partial charge in [-0.15, -0.1) is 0 Å². The number of aliphatic hydroxyl groups is 1. The number of hydrogen-bond acceptors (Lipinski definition) is 4. The number of methoxy groups -OCH3 is 2. The molecule has 4 heteroatoms. The molecule has 1 aromatic carbocycles. The molecule has 0 aliphatic carbocycles. The van der Waals surface area contributed by atoms with Gasteiger partial charge in [0.05, 0.1) is 25.9 Å². The summed E-state index contributed by atoms with van der Waals surface area (Å²) in [5.41, 5.74) is 2.03. The summed E-state index contributed by atoms with van der Waals surface area (Å²) in [6.45, 7) is 3.74. The summed E-state index contributed by atoms with van der Waals surface area (Å²) in [5.74, 6) is 6.75. The van der Waals surface area contributed by atoms with E-state index in [0.717, 1.165) is 17.9 Å². The number of hydrogen-bond donors (Lipinski definition) is 1. The van der Waals surface area contributed by atoms with Crippen LogP contribution in [0.15, 0.2) is 18.2 Å². The lowest BCUT2D eigenvalue weighted by Crippen LogP contribution is -2.32. The largest absolute Gasteiger partial charge is 0.495 e. The molecule has 1 atom stereocenters. The topological polar surface area (TPSA) is 41.9 Å². The van der Waals surface area contributed by atoms with E-state index in [4.69, 9.17) is 14.6 Å². The highest BCUT2D eigenvalue weighted by Crippen LogP contribution is 2.20. The van der Waals surface area contributed by atoms with Gasteiger partial charge in [0.1, 0.15) is 5.75 Å². The van der Waals surface area contributed by atoms with E-state index in [0.29, 0.717) is 19.1 Å². The van der Waals surface area contributed by atoms with Crippen LogP contribution in [0.4, 0.5) is 0 Å². The van der Waals surface area contributed by atoms with Crippen LogP contribution in [0.3, 0.4) is 0 Å². The first kappa shape index (κ1) is 17.5. The summed E-state index contributed by atoms with van der Waals surface area (Å²) in [6.07, 6.45) is 0.470. The highest BCUT2D eigenvalue weighted by Gasteiger charge is 2.10. The predicted molar refractivity (Wildman–Crippen MR) is 84.4 cm³/mol. The summed E-state index contributed by atoms with van der Waals surface area (Å²) in [5, 5.41) is 8.80. The zero-order valence-electron chi connectivity index (χ0n) is 13.3. The van der Waals surface area contributed by atoms with Crippen molar-refractivity contribution >= 4 is 0 Å². The molecule has 4 nitrogen and oxygen atoms in total. The predicted octanol–water partition coefficient (Wildman–Crippen LogP) is 1.90. The number of nitrogens with zero attached hydrogens (tertiary/aromatic N) is 1. The minimum absolute atomic E-state index is 0.0757. The SMILES string of the molecule is COCC(C)N(C)Cc1ccc(OC)c(C#CCCO)c1. The van der Waals surface area contributed by atoms with E-state index in [-0.39, 0.29) is 6.61 Å². The Morgan fingerprint density at radius 3 is 2.71 bits per heavy atom. The second-order valence-electron chi connectivity index (χ2n) is 5.03. The molecule has 0 aliphatic heterocycles. The van der Waals surface area contributed by atoms with Gasteiger partial charge in [-0.2, -0.15) is 0 Å². The van der Waals surface area contributed by atoms with Gasteiger partial charge >= 0.3 is 0 Å². The van der Waals surface area contributed by atoms with Crippen molar-refractivity contribution in [3.63, 3.8) is 0 Å². The second-order valence-corrected chi connectivity index (χ2v) is 5.03. The Hall–Kier alpha value is -1.54. The fourth-order valence-electron chi connectivity index (χ4n) is 1.98. The molecule has 116 valence electrons. The third-order valence-electron chi connectivity index (χ3n) is 3.32. The van der Waals surface area contributed by atoms with Gasteiger partial charge in [0.15, 0.2) is 0 Å². The average Bonchev–Trinajstić information content (AvgIpc) is 2.48. The van der Waals surface area contributed by atoms with Crippen molar-refractivity contribution in [1.82, 2.24) is 4.90 Å². The molecule has 0 amide bonds. The van der Waals surface area contributed by atoms with E-state index in [1.807, 2.05) is 18.2 Å². The fraction of sp³-hybridized carbons (Fsp3) is 0.529. The first-order valence-corrected chi connectivity index (χ1v) is 7.08. The van der Waals surface area contributed by atoms with Crippen LogP contribution in [0.25, 0.3) is 0 Å². The third-order valence-corrected chi connectivity index (χ3v) is 3.32. The second kappa shape index (κ2) is 9.41. The lowest BCUT2D eigenvalue weighted by molar-refractivity contribution is 0.112. The summed E-state index contributed by atoms with van der Waals surface area (Å²) >= 11 is 0. The van der Waals surface area contributed by atoms with Gasteiger partial charge in [0.25, 0.3) is 0 Å². The van der Waals surface area contributed by atoms with E-state index in [1.165, 1.54) is 5.56 Å². The van der Waals surface area contributed by atoms with Gasteiger partial charge in [-0.3, -0.25) is 4.90 Å². The number of benzene rings is 1. The number of likely N-dealkylation sites (N-methyl/N-ethyl adjacent to an activating group) is 1. The Morgan fingerprint density at radius 1 is 1.33 bits per heavy atom. The van der Waals surface area contributed by atoms with Gasteiger partial charge < -0.3 is 14.6 Å². The number of rotatable bonds is 7. The van der Waals surface area contributed by atoms with Gasteiger partial charge in [-0.1, -0.05) is 17.9 Å². The van der Waals surface area contributed by atoms with Crippen molar-refractivity contribution in [2.75, 3.05) is 34.5 Å². The van der Waals surface area contributed by atoms with Gasteiger partial charge in [0, 0.05) is 26.1 Å². The Morgan fingerprint density at radius 2 is 2.10 bits per heavy atom. The van der Waals surface area contributed by atoms with Crippen LogP contribution in [0.1, 0.15) is 24.5 Å². The standard InChI is InChI=1S/C17H25NO3/c1-14(13-20-3)18(2)12-15-8-9-17(21-4)16(11-15)7-5-6-10-19/h8-9,11,14,19H,6,10,12-13H2,1-4H3. The minimum atomic E-state index is 0.0757. The third kappa shape index (κ3) is 5.76. The summed E-state index contributed by atoms with van der Waals surface area (Å²) < 4.78 is 10.5. The number of aliphatic hydroxyl groups excluding tert-OH is 1. The lowest BCUT2D eigenvalue weighted by atomic mass is 10.1. The number of ether oxygens (including phenoxy) is 2. The van der Waals surface area contributed by atoms with E-state index in [2.05, 4.69) is 30.7 Å². The molecule has 1 rings (SSSR count). The van der Waals surface area contributed by atoms with E-state index in [9.17, 15) is 0 Å². The highest BCUT2D eigenvalue weighted by atomic mass is 16.5. The molecule has 21 heavy (non-hydrogen) atoms. The molecule has 0 radical (unpaired) electrons. The van der Waals surface area contributed by atoms with Crippen molar-refractivity contribution in [1.29, 1.82) is 0 Å². The Kier molecular flexibility index (Phi) is 7.84. The fourth-order valence-corrected chi connectivity index (χ4v) is 1.98. The molecule has 1 N–H and O–H groups in total. The molecule has 0 bridgehead atoms. The summed E-state index contributed by atoms with van der Waals surface area (Å²) in [4.78, 5) is 2.23. The molecular formula is C17H25NO3. The quantitative estimate of drug-likeness (QED) is 0.779. The lowest BCUT2D eigenvalue weighted by Gasteiger charge is -2.24. The zero-order valence-corrected chi connectivity index (χ0v) is 13.3. The Balaban J connectivity index is 2.85. The molecule has 0 saturated carbocycles. The monoisotopic (exact) mass is 291 g/mol. The van der Waals surface area contributed by atoms with Crippen LogP contribution in [-0.4, -0.2) is 50.5 Å². The van der Waals surface area contributed by atoms with Crippen LogP contribution in [0, 0.1) is 11.8 Å². The maximum atomic E-state index is 8.80. The Bertz CT molecular complexity index is 491. The van der Waals surface area contributed by atoms with E-state index < -0.39 is 0 Å². The molecule has 0 saturated heterocycles. The normalized spacial score (nSPS) is 11.9. The van der Waals surface area contributed by atoms with Crippen molar-refractivity contribution in [3.8, 4) is 17.6 Å². The maximum Gasteiger partial charge on any atom is 0.134 e. The van der Waals surface area contributed by atoms with Crippen molar-refractivity contribution < 1.29 is 14.6 Å². The minimum Gasteiger partial charge on any atom is -0.495 e.